The van der Waals surface area contributed by atoms with E-state index in [1.807, 2.05) is 7.05 Å². The molecule has 1 fully saturated rings. The van der Waals surface area contributed by atoms with Crippen molar-refractivity contribution in [1.29, 1.82) is 0 Å². The molecule has 1 rings (SSSR count). The predicted octanol–water partition coefficient (Wildman–Crippen LogP) is 2.07. The minimum Gasteiger partial charge on any atom is -0.351 e. The summed E-state index contributed by atoms with van der Waals surface area (Å²) in [5, 5.41) is 6.14. The zero-order valence-corrected chi connectivity index (χ0v) is 10.9. The summed E-state index contributed by atoms with van der Waals surface area (Å²) < 4.78 is 0. The van der Waals surface area contributed by atoms with Crippen LogP contribution in [0.15, 0.2) is 0 Å². The van der Waals surface area contributed by atoms with Crippen molar-refractivity contribution in [3.05, 3.63) is 0 Å². The second kappa shape index (κ2) is 6.24. The van der Waals surface area contributed by atoms with Crippen LogP contribution in [-0.2, 0) is 4.79 Å². The van der Waals surface area contributed by atoms with Crippen molar-refractivity contribution < 1.29 is 4.79 Å². The Hall–Kier alpha value is -0.570. The molecule has 0 saturated heterocycles. The smallest absolute Gasteiger partial charge is 0.221 e. The minimum absolute atomic E-state index is 0.0418. The van der Waals surface area contributed by atoms with Crippen molar-refractivity contribution in [2.24, 2.45) is 5.92 Å². The largest absolute Gasteiger partial charge is 0.351 e. The normalized spacial score (nSPS) is 17.7. The van der Waals surface area contributed by atoms with E-state index in [2.05, 4.69) is 24.5 Å². The first-order valence-corrected chi connectivity index (χ1v) is 6.49. The molecule has 0 heterocycles. The highest BCUT2D eigenvalue weighted by molar-refractivity contribution is 5.76. The summed E-state index contributed by atoms with van der Waals surface area (Å²) in [6.07, 6.45) is 7.12. The fourth-order valence-corrected chi connectivity index (χ4v) is 2.67. The van der Waals surface area contributed by atoms with Crippen LogP contribution >= 0.6 is 0 Å². The maximum Gasteiger partial charge on any atom is 0.221 e. The Kier molecular flexibility index (Phi) is 5.26. The molecule has 0 bridgehead atoms. The fourth-order valence-electron chi connectivity index (χ4n) is 2.67. The first-order valence-electron chi connectivity index (χ1n) is 6.49. The van der Waals surface area contributed by atoms with Crippen molar-refractivity contribution in [2.75, 3.05) is 13.6 Å². The molecule has 0 unspecified atom stereocenters. The Morgan fingerprint density at radius 3 is 2.50 bits per heavy atom. The molecule has 0 spiro atoms. The lowest BCUT2D eigenvalue weighted by atomic mass is 9.89. The molecule has 0 radical (unpaired) electrons. The quantitative estimate of drug-likeness (QED) is 0.728. The van der Waals surface area contributed by atoms with Crippen LogP contribution in [0.3, 0.4) is 0 Å². The molecule has 1 amide bonds. The maximum atomic E-state index is 11.6. The maximum absolute atomic E-state index is 11.6. The third-order valence-electron chi connectivity index (χ3n) is 3.35. The van der Waals surface area contributed by atoms with Crippen LogP contribution in [0.4, 0.5) is 0 Å². The van der Waals surface area contributed by atoms with Gasteiger partial charge in [0.2, 0.25) is 5.91 Å². The van der Waals surface area contributed by atoms with Crippen LogP contribution in [-0.4, -0.2) is 25.0 Å². The topological polar surface area (TPSA) is 41.1 Å². The van der Waals surface area contributed by atoms with Gasteiger partial charge in [0.25, 0.3) is 0 Å². The number of hydrogen-bond donors (Lipinski definition) is 2. The van der Waals surface area contributed by atoms with Gasteiger partial charge in [-0.3, -0.25) is 4.79 Å². The molecule has 16 heavy (non-hydrogen) atoms. The minimum atomic E-state index is -0.0418. The number of amides is 1. The third-order valence-corrected chi connectivity index (χ3v) is 3.35. The van der Waals surface area contributed by atoms with E-state index < -0.39 is 0 Å². The molecule has 0 aromatic rings. The fraction of sp³-hybridized carbons (Fsp3) is 0.923. The van der Waals surface area contributed by atoms with E-state index in [0.717, 1.165) is 18.9 Å². The van der Waals surface area contributed by atoms with E-state index in [9.17, 15) is 4.79 Å². The van der Waals surface area contributed by atoms with E-state index in [4.69, 9.17) is 0 Å². The van der Waals surface area contributed by atoms with Crippen LogP contribution in [0.1, 0.15) is 52.4 Å². The Labute approximate surface area is 99.4 Å². The van der Waals surface area contributed by atoms with E-state index in [1.54, 1.807) is 0 Å². The summed E-state index contributed by atoms with van der Waals surface area (Å²) >= 11 is 0. The molecule has 0 aliphatic heterocycles. The van der Waals surface area contributed by atoms with Gasteiger partial charge in [-0.05, 0) is 33.2 Å². The van der Waals surface area contributed by atoms with Crippen LogP contribution in [0.5, 0.6) is 0 Å². The lowest BCUT2D eigenvalue weighted by Gasteiger charge is -2.29. The summed E-state index contributed by atoms with van der Waals surface area (Å²) in [5.74, 6) is 0.983. The lowest BCUT2D eigenvalue weighted by Crippen LogP contribution is -2.45. The Balaban J connectivity index is 2.28. The molecule has 0 aromatic carbocycles. The average molecular weight is 226 g/mol. The first kappa shape index (κ1) is 13.5. The molecule has 3 nitrogen and oxygen atoms in total. The molecule has 0 atom stereocenters. The second-order valence-electron chi connectivity index (χ2n) is 5.64. The Bertz CT molecular complexity index is 220. The third kappa shape index (κ3) is 4.97. The summed E-state index contributed by atoms with van der Waals surface area (Å²) in [5.41, 5.74) is -0.0418. The molecule has 1 aliphatic carbocycles. The van der Waals surface area contributed by atoms with Crippen molar-refractivity contribution in [1.82, 2.24) is 10.6 Å². The molecule has 0 aromatic heterocycles. The summed E-state index contributed by atoms with van der Waals surface area (Å²) in [4.78, 5) is 11.6. The van der Waals surface area contributed by atoms with E-state index in [0.29, 0.717) is 6.42 Å². The van der Waals surface area contributed by atoms with Crippen molar-refractivity contribution >= 4 is 5.91 Å². The van der Waals surface area contributed by atoms with Gasteiger partial charge in [-0.1, -0.05) is 25.7 Å². The van der Waals surface area contributed by atoms with Crippen molar-refractivity contribution in [3.63, 3.8) is 0 Å². The van der Waals surface area contributed by atoms with E-state index in [-0.39, 0.29) is 11.4 Å². The highest BCUT2D eigenvalue weighted by Crippen LogP contribution is 2.31. The summed E-state index contributed by atoms with van der Waals surface area (Å²) in [6, 6.07) is 0. The predicted molar refractivity (Wildman–Crippen MR) is 67.3 cm³/mol. The van der Waals surface area contributed by atoms with Gasteiger partial charge in [0.1, 0.15) is 0 Å². The Morgan fingerprint density at radius 1 is 1.31 bits per heavy atom. The van der Waals surface area contributed by atoms with Crippen LogP contribution in [0.25, 0.3) is 0 Å². The van der Waals surface area contributed by atoms with Crippen LogP contribution < -0.4 is 10.6 Å². The average Bonchev–Trinajstić information content (AvgIpc) is 2.65. The molecule has 3 heteroatoms. The molecule has 1 aliphatic rings. The van der Waals surface area contributed by atoms with Gasteiger partial charge in [0.15, 0.2) is 0 Å². The monoisotopic (exact) mass is 226 g/mol. The zero-order chi connectivity index (χ0) is 12.0. The van der Waals surface area contributed by atoms with E-state index >= 15 is 0 Å². The second-order valence-corrected chi connectivity index (χ2v) is 5.64. The molecular weight excluding hydrogens is 200 g/mol. The van der Waals surface area contributed by atoms with E-state index in [1.165, 1.54) is 25.7 Å². The van der Waals surface area contributed by atoms with Gasteiger partial charge < -0.3 is 10.6 Å². The molecule has 2 N–H and O–H groups in total. The highest BCUT2D eigenvalue weighted by atomic mass is 16.1. The highest BCUT2D eigenvalue weighted by Gasteiger charge is 2.26. The Morgan fingerprint density at radius 2 is 1.94 bits per heavy atom. The number of rotatable bonds is 6. The number of carbonyl (C=O) groups excluding carboxylic acids is 1. The van der Waals surface area contributed by atoms with Crippen LogP contribution in [0, 0.1) is 5.92 Å². The van der Waals surface area contributed by atoms with Gasteiger partial charge >= 0.3 is 0 Å². The van der Waals surface area contributed by atoms with Crippen molar-refractivity contribution in [3.8, 4) is 0 Å². The zero-order valence-electron chi connectivity index (χ0n) is 10.9. The SMILES string of the molecule is CNCCC(=O)NC(C)(C)CC1CCCC1. The summed E-state index contributed by atoms with van der Waals surface area (Å²) in [7, 11) is 1.87. The van der Waals surface area contributed by atoms with Crippen LogP contribution in [0.2, 0.25) is 0 Å². The van der Waals surface area contributed by atoms with Gasteiger partial charge in [0.05, 0.1) is 0 Å². The first-order chi connectivity index (χ1) is 7.53. The molecule has 94 valence electrons. The van der Waals surface area contributed by atoms with Gasteiger partial charge in [-0.15, -0.1) is 0 Å². The number of hydrogen-bond acceptors (Lipinski definition) is 2. The standard InChI is InChI=1S/C13H26N2O/c1-13(2,10-11-6-4-5-7-11)15-12(16)8-9-14-3/h11,14H,4-10H2,1-3H3,(H,15,16). The van der Waals surface area contributed by atoms with Gasteiger partial charge in [0, 0.05) is 18.5 Å². The lowest BCUT2D eigenvalue weighted by molar-refractivity contribution is -0.122. The van der Waals surface area contributed by atoms with Crippen molar-refractivity contribution in [2.45, 2.75) is 57.9 Å². The molecular formula is C13H26N2O. The number of nitrogens with one attached hydrogen (secondary N) is 2. The number of carbonyl (C=O) groups is 1. The summed E-state index contributed by atoms with van der Waals surface area (Å²) in [6.45, 7) is 5.04. The molecule has 1 saturated carbocycles. The van der Waals surface area contributed by atoms with Gasteiger partial charge in [-0.2, -0.15) is 0 Å². The van der Waals surface area contributed by atoms with Gasteiger partial charge in [-0.25, -0.2) is 0 Å².